The Labute approximate surface area is 275 Å². The van der Waals surface area contributed by atoms with Crippen LogP contribution in [0.5, 0.6) is 0 Å². The van der Waals surface area contributed by atoms with E-state index < -0.39 is 23.4 Å². The number of carbonyl (C=O) groups excluding carboxylic acids is 1. The van der Waals surface area contributed by atoms with Crippen LogP contribution >= 0.6 is 11.3 Å². The Kier molecular flexibility index (Phi) is 7.35. The first-order chi connectivity index (χ1) is 23.2. The number of rotatable bonds is 8. The van der Waals surface area contributed by atoms with Gasteiger partial charge in [-0.15, -0.1) is 11.3 Å². The summed E-state index contributed by atoms with van der Waals surface area (Å²) in [6.45, 7) is 2.45. The number of aromatic amines is 1. The van der Waals surface area contributed by atoms with Gasteiger partial charge >= 0.3 is 5.76 Å². The first kappa shape index (κ1) is 30.1. The van der Waals surface area contributed by atoms with Crippen molar-refractivity contribution in [2.45, 2.75) is 44.7 Å². The van der Waals surface area contributed by atoms with Crippen LogP contribution in [0.2, 0.25) is 0 Å². The van der Waals surface area contributed by atoms with E-state index in [1.165, 1.54) is 29.5 Å². The maximum atomic E-state index is 14.1. The highest BCUT2D eigenvalue weighted by Gasteiger charge is 2.44. The number of benzene rings is 2. The van der Waals surface area contributed by atoms with Crippen molar-refractivity contribution < 1.29 is 22.5 Å². The van der Waals surface area contributed by atoms with Crippen molar-refractivity contribution in [3.05, 3.63) is 117 Å². The molecule has 0 aliphatic carbocycles. The van der Waals surface area contributed by atoms with Crippen LogP contribution < -0.4 is 11.1 Å². The first-order valence-corrected chi connectivity index (χ1v) is 16.4. The molecule has 2 atom stereocenters. The van der Waals surface area contributed by atoms with E-state index in [2.05, 4.69) is 20.4 Å². The molecule has 1 amide bonds. The lowest BCUT2D eigenvalue weighted by Crippen LogP contribution is -2.22. The normalized spacial score (nSPS) is 16.0. The molecule has 6 aromatic rings. The second-order valence-electron chi connectivity index (χ2n) is 12.0. The average molecular weight is 669 g/mol. The molecule has 0 saturated carbocycles. The summed E-state index contributed by atoms with van der Waals surface area (Å²) < 4.78 is 47.0. The molecule has 2 aliphatic heterocycles. The fraction of sp³-hybridized carbons (Fsp3) is 0.229. The first-order valence-electron chi connectivity index (χ1n) is 15.5. The Morgan fingerprint density at radius 1 is 1.02 bits per heavy atom. The Balaban J connectivity index is 1.29. The molecule has 1 fully saturated rings. The van der Waals surface area contributed by atoms with E-state index in [1.54, 1.807) is 18.3 Å². The predicted octanol–water partition coefficient (Wildman–Crippen LogP) is 7.37. The molecule has 2 aromatic carbocycles. The smallest absolute Gasteiger partial charge is 0.362 e. The molecule has 8 rings (SSSR count). The van der Waals surface area contributed by atoms with Crippen LogP contribution in [-0.2, 0) is 12.8 Å². The van der Waals surface area contributed by atoms with Gasteiger partial charge in [0.15, 0.2) is 17.5 Å². The zero-order valence-electron chi connectivity index (χ0n) is 25.5. The number of aromatic nitrogens is 4. The summed E-state index contributed by atoms with van der Waals surface area (Å²) in [6, 6.07) is 13.3. The van der Waals surface area contributed by atoms with Gasteiger partial charge in [0.25, 0.3) is 5.91 Å². The summed E-state index contributed by atoms with van der Waals surface area (Å²) in [5.41, 5.74) is 4.31. The lowest BCUT2D eigenvalue weighted by molar-refractivity contribution is 0.0776. The standard InChI is InChI=1S/C35H27F3N6O3S/c1-17(19-7-10-22(37)23(38)15-19)40-33-31-20(12-13-39-33)16-26(48-31)28-27(32-42-35(46)47-43-32)24(11-6-18-4-8-21(36)9-5-18)41-30-25-3-2-14-44(25)34(45)29(28)30/h4-5,7-10,12-13,15-17,25H,2-3,6,11,14H2,1H3,(H,39,40)(H,42,43,46)/t17-,25+/m1/s1. The van der Waals surface area contributed by atoms with Gasteiger partial charge in [0, 0.05) is 23.2 Å². The summed E-state index contributed by atoms with van der Waals surface area (Å²) in [6.07, 6.45) is 4.25. The molecule has 0 bridgehead atoms. The van der Waals surface area contributed by atoms with Crippen LogP contribution in [0.4, 0.5) is 19.0 Å². The van der Waals surface area contributed by atoms with Gasteiger partial charge in [-0.05, 0) is 85.5 Å². The highest BCUT2D eigenvalue weighted by atomic mass is 32.1. The fourth-order valence-electron chi connectivity index (χ4n) is 6.74. The zero-order valence-corrected chi connectivity index (χ0v) is 26.3. The van der Waals surface area contributed by atoms with E-state index in [1.807, 2.05) is 24.0 Å². The highest BCUT2D eigenvalue weighted by Crippen LogP contribution is 2.50. The van der Waals surface area contributed by atoms with Crippen molar-refractivity contribution in [1.29, 1.82) is 0 Å². The van der Waals surface area contributed by atoms with Gasteiger partial charge in [-0.3, -0.25) is 19.3 Å². The third-order valence-electron chi connectivity index (χ3n) is 9.06. The summed E-state index contributed by atoms with van der Waals surface area (Å²) in [7, 11) is 0. The number of hydrogen-bond donors (Lipinski definition) is 2. The van der Waals surface area contributed by atoms with E-state index in [9.17, 15) is 22.8 Å². The van der Waals surface area contributed by atoms with Gasteiger partial charge in [0.2, 0.25) is 0 Å². The molecule has 0 spiro atoms. The highest BCUT2D eigenvalue weighted by molar-refractivity contribution is 7.23. The molecule has 2 N–H and O–H groups in total. The summed E-state index contributed by atoms with van der Waals surface area (Å²) in [4.78, 5) is 41.3. The number of nitrogens with zero attached hydrogens (tertiary/aromatic N) is 4. The second-order valence-corrected chi connectivity index (χ2v) is 13.1. The monoisotopic (exact) mass is 668 g/mol. The molecule has 9 nitrogen and oxygen atoms in total. The molecule has 6 heterocycles. The third kappa shape index (κ3) is 5.14. The number of H-pyrrole nitrogens is 1. The van der Waals surface area contributed by atoms with Crippen LogP contribution in [0.25, 0.3) is 31.9 Å². The van der Waals surface area contributed by atoms with Crippen LogP contribution in [-0.4, -0.2) is 37.5 Å². The Morgan fingerprint density at radius 2 is 1.85 bits per heavy atom. The second kappa shape index (κ2) is 11.7. The van der Waals surface area contributed by atoms with Crippen LogP contribution in [0.3, 0.4) is 0 Å². The number of halogens is 3. The molecule has 0 unspecified atom stereocenters. The van der Waals surface area contributed by atoms with Crippen molar-refractivity contribution in [1.82, 2.24) is 25.0 Å². The molecule has 242 valence electrons. The number of carbonyl (C=O) groups is 1. The molecule has 0 radical (unpaired) electrons. The van der Waals surface area contributed by atoms with Gasteiger partial charge in [-0.25, -0.2) is 22.9 Å². The van der Waals surface area contributed by atoms with Gasteiger partial charge < -0.3 is 10.2 Å². The van der Waals surface area contributed by atoms with Crippen molar-refractivity contribution in [3.8, 4) is 21.8 Å². The number of anilines is 1. The van der Waals surface area contributed by atoms with Crippen LogP contribution in [0.15, 0.2) is 70.1 Å². The SMILES string of the molecule is C[C@@H](Nc1nccc2cc(-c3c4c(nc(CCc5ccc(F)cc5)c3-c3noc(=O)[nH]3)[C@@H]3CCCN3C4=O)sc12)c1ccc(F)c(F)c1. The van der Waals surface area contributed by atoms with Crippen LogP contribution in [0, 0.1) is 17.5 Å². The maximum absolute atomic E-state index is 14.1. The van der Waals surface area contributed by atoms with E-state index >= 15 is 0 Å². The lowest BCUT2D eigenvalue weighted by Gasteiger charge is -2.16. The number of nitrogens with one attached hydrogen (secondary N) is 2. The lowest BCUT2D eigenvalue weighted by atomic mass is 9.92. The molecular formula is C35H27F3N6O3S. The quantitative estimate of drug-likeness (QED) is 0.174. The average Bonchev–Trinajstić information content (AvgIpc) is 3.88. The predicted molar refractivity (Wildman–Crippen MR) is 174 cm³/mol. The summed E-state index contributed by atoms with van der Waals surface area (Å²) >= 11 is 1.41. The third-order valence-corrected chi connectivity index (χ3v) is 10.2. The van der Waals surface area contributed by atoms with Crippen molar-refractivity contribution >= 4 is 33.1 Å². The molecule has 1 saturated heterocycles. The van der Waals surface area contributed by atoms with Crippen molar-refractivity contribution in [2.75, 3.05) is 11.9 Å². The largest absolute Gasteiger partial charge is 0.439 e. The molecule has 13 heteroatoms. The Bertz CT molecular complexity index is 2280. The molecular weight excluding hydrogens is 641 g/mol. The van der Waals surface area contributed by atoms with E-state index in [0.717, 1.165) is 45.5 Å². The maximum Gasteiger partial charge on any atom is 0.439 e. The summed E-state index contributed by atoms with van der Waals surface area (Å²) in [5.74, 6) is -2.37. The number of thiophene rings is 1. The molecule has 2 aliphatic rings. The topological polar surface area (TPSA) is 117 Å². The fourth-order valence-corrected chi connectivity index (χ4v) is 7.91. The minimum absolute atomic E-state index is 0.131. The van der Waals surface area contributed by atoms with Gasteiger partial charge in [-0.1, -0.05) is 23.4 Å². The van der Waals surface area contributed by atoms with Gasteiger partial charge in [0.1, 0.15) is 11.6 Å². The van der Waals surface area contributed by atoms with Gasteiger partial charge in [-0.2, -0.15) is 0 Å². The number of amides is 1. The van der Waals surface area contributed by atoms with Crippen molar-refractivity contribution in [3.63, 3.8) is 0 Å². The zero-order chi connectivity index (χ0) is 33.1. The minimum atomic E-state index is -0.934. The van der Waals surface area contributed by atoms with Crippen LogP contribution in [0.1, 0.15) is 64.7 Å². The van der Waals surface area contributed by atoms with E-state index in [-0.39, 0.29) is 23.6 Å². The summed E-state index contributed by atoms with van der Waals surface area (Å²) in [5, 5.41) is 8.22. The molecule has 48 heavy (non-hydrogen) atoms. The Hall–Kier alpha value is -5.30. The van der Waals surface area contributed by atoms with Gasteiger partial charge in [0.05, 0.1) is 39.3 Å². The minimum Gasteiger partial charge on any atom is -0.362 e. The number of hydrogen-bond acceptors (Lipinski definition) is 8. The molecule has 4 aromatic heterocycles. The van der Waals surface area contributed by atoms with E-state index in [4.69, 9.17) is 9.51 Å². The van der Waals surface area contributed by atoms with Crippen molar-refractivity contribution in [2.24, 2.45) is 0 Å². The number of fused-ring (bicyclic) bond motifs is 4. The Morgan fingerprint density at radius 3 is 2.62 bits per heavy atom. The number of pyridine rings is 2. The van der Waals surface area contributed by atoms with E-state index in [0.29, 0.717) is 58.8 Å². The number of aryl methyl sites for hydroxylation is 2.